The van der Waals surface area contributed by atoms with Gasteiger partial charge in [0.1, 0.15) is 22.3 Å². The molecule has 0 bridgehead atoms. The van der Waals surface area contributed by atoms with Crippen LogP contribution in [0.4, 0.5) is 0 Å². The summed E-state index contributed by atoms with van der Waals surface area (Å²) in [6.07, 6.45) is 0. The molecule has 0 fully saturated rings. The Morgan fingerprint density at radius 2 is 0.433 bits per heavy atom. The fourth-order valence-electron chi connectivity index (χ4n) is 20.6. The van der Waals surface area contributed by atoms with E-state index in [1.807, 2.05) is 0 Å². The first-order valence-electron chi connectivity index (χ1n) is 41.3. The van der Waals surface area contributed by atoms with Gasteiger partial charge in [0.2, 0.25) is 0 Å². The van der Waals surface area contributed by atoms with Gasteiger partial charge in [-0.2, -0.15) is 0 Å². The summed E-state index contributed by atoms with van der Waals surface area (Å²) in [5, 5.41) is 29.3. The third-order valence-corrected chi connectivity index (χ3v) is 25.8. The predicted molar refractivity (Wildman–Crippen MR) is 506 cm³/mol. The molecule has 6 nitrogen and oxygen atoms in total. The second kappa shape index (κ2) is 25.7. The Morgan fingerprint density at radius 3 is 0.892 bits per heavy atom. The summed E-state index contributed by atoms with van der Waals surface area (Å²) >= 11 is 0. The molecule has 0 aliphatic heterocycles. The van der Waals surface area contributed by atoms with Crippen molar-refractivity contribution in [1.29, 1.82) is 0 Å². The zero-order valence-corrected chi connectivity index (χ0v) is 64.9. The standard InChI is InChI=1S/C60H36N2O.C54H32N2O/c1-2-13-37(14-3-1)39-15-12-16-42(35-39)61-53-23-10-8-22-50(53)57-54(61)34-32-51-58-55(33-31-49-48-21-9-11-24-56(48)63-60(49)58)62(59(51)57)41-28-25-38(26-29-41)40-27-30-47-45-19-5-4-17-43(45)44-18-6-7-20-46(44)52(47)36-40;1-2-13-33(14-3-1)34-15-12-16-35(31-34)56-49-29-27-43-42-21-9-11-24-50(42)57-54(43)52(49)45-28-30-48-51(53(45)56)44-22-8-10-23-47(44)55(48)36-25-26-41-39-19-5-4-17-37(39)38-18-6-7-20-40(38)46(41)32-36/h1-36H;1-32H. The van der Waals surface area contributed by atoms with Crippen LogP contribution in [-0.2, 0) is 0 Å². The number of benzene rings is 21. The van der Waals surface area contributed by atoms with Crippen LogP contribution in [-0.4, -0.2) is 18.3 Å². The van der Waals surface area contributed by atoms with Gasteiger partial charge in [0.05, 0.1) is 54.9 Å². The number of furan rings is 2. The zero-order valence-electron chi connectivity index (χ0n) is 64.9. The Kier molecular flexibility index (Phi) is 14.2. The van der Waals surface area contributed by atoms with Gasteiger partial charge in [-0.15, -0.1) is 0 Å². The summed E-state index contributed by atoms with van der Waals surface area (Å²) in [7, 11) is 0. The number of fused-ring (bicyclic) bond motifs is 34. The highest BCUT2D eigenvalue weighted by molar-refractivity contribution is 6.34. The van der Waals surface area contributed by atoms with Gasteiger partial charge in [-0.05, 0) is 225 Å². The van der Waals surface area contributed by atoms with Crippen molar-refractivity contribution in [2.45, 2.75) is 0 Å². The summed E-state index contributed by atoms with van der Waals surface area (Å²) in [5.74, 6) is 0. The number of rotatable bonds is 7. The van der Waals surface area contributed by atoms with Gasteiger partial charge < -0.3 is 27.1 Å². The second-order valence-electron chi connectivity index (χ2n) is 32.0. The maximum Gasteiger partial charge on any atom is 0.145 e. The van der Waals surface area contributed by atoms with Crippen LogP contribution in [0.1, 0.15) is 0 Å². The van der Waals surface area contributed by atoms with Crippen molar-refractivity contribution >= 4 is 196 Å². The highest BCUT2D eigenvalue weighted by Gasteiger charge is 2.28. The van der Waals surface area contributed by atoms with Crippen molar-refractivity contribution in [3.8, 4) is 56.1 Å². The monoisotopic (exact) mass is 1520 g/mol. The average Bonchev–Trinajstić information content (AvgIpc) is 1.54. The molecule has 0 unspecified atom stereocenters. The maximum atomic E-state index is 6.80. The number of hydrogen-bond acceptors (Lipinski definition) is 2. The van der Waals surface area contributed by atoms with E-state index in [-0.39, 0.29) is 0 Å². The summed E-state index contributed by atoms with van der Waals surface area (Å²) in [5.41, 5.74) is 24.5. The summed E-state index contributed by atoms with van der Waals surface area (Å²) < 4.78 is 23.4. The normalized spacial score (nSPS) is 12.2. The molecule has 0 saturated heterocycles. The van der Waals surface area contributed by atoms with Crippen LogP contribution >= 0.6 is 0 Å². The fraction of sp³-hybridized carbons (Fsp3) is 0. The first-order chi connectivity index (χ1) is 59.6. The minimum Gasteiger partial charge on any atom is -0.455 e. The molecule has 0 amide bonds. The van der Waals surface area contributed by atoms with Crippen molar-refractivity contribution < 1.29 is 8.83 Å². The molecule has 0 saturated carbocycles. The van der Waals surface area contributed by atoms with Gasteiger partial charge in [0.25, 0.3) is 0 Å². The third kappa shape index (κ3) is 9.67. The zero-order chi connectivity index (χ0) is 78.4. The lowest BCUT2D eigenvalue weighted by Crippen LogP contribution is -1.96. The lowest BCUT2D eigenvalue weighted by atomic mass is 9.92. The summed E-state index contributed by atoms with van der Waals surface area (Å²) in [6.45, 7) is 0. The molecule has 0 aliphatic rings. The molecular weight excluding hydrogens is 1460 g/mol. The van der Waals surface area contributed by atoms with Crippen LogP contribution in [0.5, 0.6) is 0 Å². The van der Waals surface area contributed by atoms with Crippen molar-refractivity contribution in [3.05, 3.63) is 413 Å². The molecule has 6 heteroatoms. The quantitative estimate of drug-likeness (QED) is 0.149. The Morgan fingerprint density at radius 1 is 0.142 bits per heavy atom. The van der Waals surface area contributed by atoms with Gasteiger partial charge in [-0.3, -0.25) is 0 Å². The van der Waals surface area contributed by atoms with E-state index in [0.29, 0.717) is 0 Å². The van der Waals surface area contributed by atoms with E-state index >= 15 is 0 Å². The fourth-order valence-corrected chi connectivity index (χ4v) is 20.6. The Labute approximate surface area is 686 Å². The molecule has 0 radical (unpaired) electrons. The van der Waals surface area contributed by atoms with Crippen molar-refractivity contribution in [2.24, 2.45) is 0 Å². The van der Waals surface area contributed by atoms with Crippen LogP contribution in [0.2, 0.25) is 0 Å². The minimum atomic E-state index is 0.900. The summed E-state index contributed by atoms with van der Waals surface area (Å²) in [4.78, 5) is 0. The third-order valence-electron chi connectivity index (χ3n) is 25.8. The molecule has 0 atom stereocenters. The van der Waals surface area contributed by atoms with Crippen molar-refractivity contribution in [1.82, 2.24) is 18.3 Å². The van der Waals surface area contributed by atoms with E-state index in [4.69, 9.17) is 8.83 Å². The molecule has 27 aromatic rings. The second-order valence-corrected chi connectivity index (χ2v) is 32.0. The molecule has 21 aromatic carbocycles. The van der Waals surface area contributed by atoms with E-state index in [9.17, 15) is 0 Å². The first-order valence-corrected chi connectivity index (χ1v) is 41.3. The van der Waals surface area contributed by atoms with Gasteiger partial charge in [-0.1, -0.05) is 285 Å². The molecular formula is C114H68N4O2. The van der Waals surface area contributed by atoms with Crippen LogP contribution < -0.4 is 0 Å². The topological polar surface area (TPSA) is 46.0 Å². The van der Waals surface area contributed by atoms with E-state index in [0.717, 1.165) is 99.5 Å². The van der Waals surface area contributed by atoms with Crippen molar-refractivity contribution in [3.63, 3.8) is 0 Å². The predicted octanol–water partition coefficient (Wildman–Crippen LogP) is 31.5. The maximum absolute atomic E-state index is 6.80. The lowest BCUT2D eigenvalue weighted by Gasteiger charge is -2.14. The van der Waals surface area contributed by atoms with Gasteiger partial charge in [0.15, 0.2) is 0 Å². The lowest BCUT2D eigenvalue weighted by molar-refractivity contribution is 0.672. The Balaban J connectivity index is 0.000000130. The van der Waals surface area contributed by atoms with E-state index < -0.39 is 0 Å². The molecule has 0 aliphatic carbocycles. The molecule has 0 spiro atoms. The molecule has 6 aromatic heterocycles. The van der Waals surface area contributed by atoms with Crippen LogP contribution in [0.15, 0.2) is 421 Å². The van der Waals surface area contributed by atoms with Gasteiger partial charge >= 0.3 is 0 Å². The van der Waals surface area contributed by atoms with Crippen LogP contribution in [0, 0.1) is 0 Å². The van der Waals surface area contributed by atoms with Crippen LogP contribution in [0.25, 0.3) is 252 Å². The Bertz CT molecular complexity index is 8970. The summed E-state index contributed by atoms with van der Waals surface area (Å²) in [6, 6.07) is 150. The van der Waals surface area contributed by atoms with Crippen molar-refractivity contribution in [2.75, 3.05) is 0 Å². The molecule has 27 rings (SSSR count). The molecule has 120 heavy (non-hydrogen) atoms. The van der Waals surface area contributed by atoms with Gasteiger partial charge in [0, 0.05) is 76.6 Å². The largest absolute Gasteiger partial charge is 0.455 e. The smallest absolute Gasteiger partial charge is 0.145 e. The minimum absolute atomic E-state index is 0.900. The van der Waals surface area contributed by atoms with E-state index in [2.05, 4.69) is 431 Å². The Hall–Kier alpha value is -16.0. The molecule has 6 heterocycles. The SMILES string of the molecule is c1ccc(-c2cccc(-n3c4ccc5c6ccccc6oc5c4c4ccc5c(c6ccccc6n5-c5ccc6c7ccccc7c7ccccc7c6c5)c43)c2)cc1.c1ccc(-c2cccc(-n3c4ccccc4c4c3ccc3c5c6oc7ccccc7c6ccc5n(-c5ccc(-c6ccc7c8ccccc8c8ccccc8c7c6)cc5)c34)c2)cc1. The number of para-hydroxylation sites is 4. The van der Waals surface area contributed by atoms with E-state index in [1.54, 1.807) is 0 Å². The first kappa shape index (κ1) is 66.3. The number of hydrogen-bond donors (Lipinski definition) is 0. The van der Waals surface area contributed by atoms with Gasteiger partial charge in [-0.25, -0.2) is 0 Å². The average molecular weight is 1530 g/mol. The van der Waals surface area contributed by atoms with E-state index in [1.165, 1.54) is 152 Å². The number of nitrogens with zero attached hydrogens (tertiary/aromatic N) is 4. The highest BCUT2D eigenvalue weighted by atomic mass is 16.3. The number of aromatic nitrogens is 4. The highest BCUT2D eigenvalue weighted by Crippen LogP contribution is 2.50. The molecule has 556 valence electrons. The van der Waals surface area contributed by atoms with Crippen LogP contribution in [0.3, 0.4) is 0 Å². The molecule has 0 N–H and O–H groups in total.